The smallest absolute Gasteiger partial charge is 0.115 e. The molecule has 1 fully saturated rings. The van der Waals surface area contributed by atoms with E-state index in [1.807, 2.05) is 30.3 Å². The van der Waals surface area contributed by atoms with Gasteiger partial charge >= 0.3 is 0 Å². The zero-order valence-corrected chi connectivity index (χ0v) is 12.6. The zero-order valence-electron chi connectivity index (χ0n) is 11.8. The van der Waals surface area contributed by atoms with Gasteiger partial charge < -0.3 is 19.9 Å². The first-order valence-corrected chi connectivity index (χ1v) is 7.68. The summed E-state index contributed by atoms with van der Waals surface area (Å²) in [5.41, 5.74) is 2.99. The van der Waals surface area contributed by atoms with Gasteiger partial charge in [0, 0.05) is 16.3 Å². The summed E-state index contributed by atoms with van der Waals surface area (Å²) in [6, 6.07) is 12.9. The van der Waals surface area contributed by atoms with Crippen LogP contribution in [0.25, 0.3) is 0 Å². The molecule has 4 nitrogen and oxygen atoms in total. The average molecular weight is 318 g/mol. The summed E-state index contributed by atoms with van der Waals surface area (Å²) in [5, 5.41) is 13.9. The number of nitrogens with one attached hydrogen (secondary N) is 1. The third-order valence-corrected chi connectivity index (χ3v) is 4.41. The van der Waals surface area contributed by atoms with E-state index in [0.717, 1.165) is 16.8 Å². The molecule has 2 N–H and O–H groups in total. The molecule has 0 radical (unpaired) electrons. The van der Waals surface area contributed by atoms with Crippen molar-refractivity contribution in [3.05, 3.63) is 58.6 Å². The van der Waals surface area contributed by atoms with E-state index < -0.39 is 0 Å². The van der Waals surface area contributed by atoms with Crippen LogP contribution >= 0.6 is 11.6 Å². The molecule has 0 aromatic heterocycles. The lowest BCUT2D eigenvalue weighted by Crippen LogP contribution is -2.43. The maximum atomic E-state index is 9.75. The van der Waals surface area contributed by atoms with Crippen molar-refractivity contribution in [1.29, 1.82) is 0 Å². The Hall–Kier alpha value is -1.75. The highest BCUT2D eigenvalue weighted by Gasteiger charge is 2.41. The van der Waals surface area contributed by atoms with Gasteiger partial charge in [-0.25, -0.2) is 0 Å². The molecule has 2 aliphatic heterocycles. The monoisotopic (exact) mass is 317 g/mol. The Bertz CT molecular complexity index is 706. The van der Waals surface area contributed by atoms with E-state index in [4.69, 9.17) is 21.1 Å². The van der Waals surface area contributed by atoms with Gasteiger partial charge in [0.25, 0.3) is 0 Å². The second-order valence-electron chi connectivity index (χ2n) is 5.58. The van der Waals surface area contributed by atoms with Crippen LogP contribution in [0.5, 0.6) is 5.75 Å². The van der Waals surface area contributed by atoms with Crippen LogP contribution < -0.4 is 5.32 Å². The molecule has 0 bridgehead atoms. The molecule has 0 unspecified atom stereocenters. The number of phenolic OH excluding ortho intramolecular Hbond substituents is 1. The van der Waals surface area contributed by atoms with Crippen molar-refractivity contribution in [2.75, 3.05) is 18.5 Å². The Morgan fingerprint density at radius 2 is 1.95 bits per heavy atom. The number of benzene rings is 2. The van der Waals surface area contributed by atoms with Gasteiger partial charge in [0.1, 0.15) is 18.0 Å². The van der Waals surface area contributed by atoms with E-state index in [-0.39, 0.29) is 24.0 Å². The van der Waals surface area contributed by atoms with Gasteiger partial charge in [-0.3, -0.25) is 0 Å². The molecule has 114 valence electrons. The van der Waals surface area contributed by atoms with Crippen molar-refractivity contribution in [3.63, 3.8) is 0 Å². The minimum Gasteiger partial charge on any atom is -0.508 e. The van der Waals surface area contributed by atoms with Gasteiger partial charge in [0.2, 0.25) is 0 Å². The van der Waals surface area contributed by atoms with Crippen molar-refractivity contribution in [2.45, 2.75) is 18.2 Å². The molecule has 0 spiro atoms. The van der Waals surface area contributed by atoms with Gasteiger partial charge in [-0.2, -0.15) is 0 Å². The average Bonchev–Trinajstić information content (AvgIpc) is 2.54. The third kappa shape index (κ3) is 2.33. The Morgan fingerprint density at radius 1 is 1.09 bits per heavy atom. The van der Waals surface area contributed by atoms with Crippen LogP contribution in [0.1, 0.15) is 23.3 Å². The quantitative estimate of drug-likeness (QED) is 0.842. The fourth-order valence-corrected chi connectivity index (χ4v) is 3.40. The van der Waals surface area contributed by atoms with E-state index in [9.17, 15) is 5.11 Å². The van der Waals surface area contributed by atoms with Gasteiger partial charge in [0.05, 0.1) is 19.3 Å². The summed E-state index contributed by atoms with van der Waals surface area (Å²) < 4.78 is 11.9. The molecule has 0 saturated carbocycles. The maximum absolute atomic E-state index is 9.75. The number of hydrogen-bond donors (Lipinski definition) is 2. The number of phenols is 1. The number of aromatic hydroxyl groups is 1. The van der Waals surface area contributed by atoms with Crippen molar-refractivity contribution in [3.8, 4) is 5.75 Å². The highest BCUT2D eigenvalue weighted by molar-refractivity contribution is 6.30. The Balaban J connectivity index is 1.79. The third-order valence-electron chi connectivity index (χ3n) is 4.18. The second kappa shape index (κ2) is 5.47. The SMILES string of the molecule is Oc1cccc([C@@H]2Nc3ccc(Cl)cc3[C@H]3OCCO[C@H]32)c1. The molecule has 4 rings (SSSR count). The first-order valence-electron chi connectivity index (χ1n) is 7.30. The summed E-state index contributed by atoms with van der Waals surface area (Å²) in [4.78, 5) is 0. The van der Waals surface area contributed by atoms with Crippen LogP contribution in [-0.4, -0.2) is 24.4 Å². The summed E-state index contributed by atoms with van der Waals surface area (Å²) in [5.74, 6) is 0.245. The van der Waals surface area contributed by atoms with Crippen molar-refractivity contribution in [1.82, 2.24) is 0 Å². The van der Waals surface area contributed by atoms with Crippen LogP contribution in [-0.2, 0) is 9.47 Å². The number of rotatable bonds is 1. The van der Waals surface area contributed by atoms with E-state index in [2.05, 4.69) is 5.32 Å². The molecule has 2 aromatic carbocycles. The lowest BCUT2D eigenvalue weighted by atomic mass is 9.87. The first kappa shape index (κ1) is 13.9. The molecule has 5 heteroatoms. The second-order valence-corrected chi connectivity index (χ2v) is 6.01. The van der Waals surface area contributed by atoms with Gasteiger partial charge in [0.15, 0.2) is 0 Å². The topological polar surface area (TPSA) is 50.7 Å². The fraction of sp³-hybridized carbons (Fsp3) is 0.294. The number of hydrogen-bond acceptors (Lipinski definition) is 4. The van der Waals surface area contributed by atoms with Gasteiger partial charge in [-0.05, 0) is 35.9 Å². The first-order chi connectivity index (χ1) is 10.7. The molecular weight excluding hydrogens is 302 g/mol. The Labute approximate surface area is 133 Å². The lowest BCUT2D eigenvalue weighted by molar-refractivity contribution is -0.151. The molecule has 1 saturated heterocycles. The highest BCUT2D eigenvalue weighted by atomic mass is 35.5. The van der Waals surface area contributed by atoms with Crippen LogP contribution in [0.4, 0.5) is 5.69 Å². The van der Waals surface area contributed by atoms with Gasteiger partial charge in [-0.1, -0.05) is 23.7 Å². The van der Waals surface area contributed by atoms with Crippen molar-refractivity contribution >= 4 is 17.3 Å². The largest absolute Gasteiger partial charge is 0.508 e. The standard InChI is InChI=1S/C17H16ClNO3/c18-11-4-5-14-13(9-11)16-17(22-7-6-21-16)15(19-14)10-2-1-3-12(20)8-10/h1-5,8-9,15-17,19-20H,6-7H2/t15-,16+,17-/m0/s1. The number of halogens is 1. The Kier molecular flexibility index (Phi) is 3.45. The van der Waals surface area contributed by atoms with E-state index in [0.29, 0.717) is 18.2 Å². The molecular formula is C17H16ClNO3. The lowest BCUT2D eigenvalue weighted by Gasteiger charge is -2.43. The molecule has 2 aromatic rings. The van der Waals surface area contributed by atoms with Crippen LogP contribution in [0.3, 0.4) is 0 Å². The van der Waals surface area contributed by atoms with E-state index in [1.165, 1.54) is 0 Å². The van der Waals surface area contributed by atoms with Crippen molar-refractivity contribution in [2.24, 2.45) is 0 Å². The van der Waals surface area contributed by atoms with E-state index >= 15 is 0 Å². The molecule has 3 atom stereocenters. The highest BCUT2D eigenvalue weighted by Crippen LogP contribution is 2.45. The van der Waals surface area contributed by atoms with Crippen LogP contribution in [0.15, 0.2) is 42.5 Å². The van der Waals surface area contributed by atoms with Crippen LogP contribution in [0.2, 0.25) is 5.02 Å². The predicted molar refractivity (Wildman–Crippen MR) is 84.4 cm³/mol. The summed E-state index contributed by atoms with van der Waals surface area (Å²) in [6.45, 7) is 1.13. The molecule has 0 amide bonds. The normalized spacial score (nSPS) is 26.7. The zero-order chi connectivity index (χ0) is 15.1. The molecule has 2 aliphatic rings. The van der Waals surface area contributed by atoms with Crippen molar-refractivity contribution < 1.29 is 14.6 Å². The Morgan fingerprint density at radius 3 is 2.82 bits per heavy atom. The van der Waals surface area contributed by atoms with Gasteiger partial charge in [-0.15, -0.1) is 0 Å². The summed E-state index contributed by atoms with van der Waals surface area (Å²) in [6.07, 6.45) is -0.308. The van der Waals surface area contributed by atoms with Crippen LogP contribution in [0, 0.1) is 0 Å². The number of fused-ring (bicyclic) bond motifs is 3. The molecule has 0 aliphatic carbocycles. The minimum atomic E-state index is -0.156. The molecule has 2 heterocycles. The number of anilines is 1. The fourth-order valence-electron chi connectivity index (χ4n) is 3.22. The summed E-state index contributed by atoms with van der Waals surface area (Å²) in [7, 11) is 0. The summed E-state index contributed by atoms with van der Waals surface area (Å²) >= 11 is 6.12. The predicted octanol–water partition coefficient (Wildman–Crippen LogP) is 3.67. The molecule has 22 heavy (non-hydrogen) atoms. The maximum Gasteiger partial charge on any atom is 0.115 e. The number of ether oxygens (including phenoxy) is 2. The van der Waals surface area contributed by atoms with E-state index in [1.54, 1.807) is 12.1 Å². The minimum absolute atomic E-state index is 0.0777.